The molecule has 4 rings (SSSR count). The summed E-state index contributed by atoms with van der Waals surface area (Å²) in [7, 11) is 1.66. The van der Waals surface area contributed by atoms with Crippen LogP contribution in [-0.2, 0) is 4.74 Å². The van der Waals surface area contributed by atoms with Gasteiger partial charge in [0.15, 0.2) is 10.9 Å². The summed E-state index contributed by atoms with van der Waals surface area (Å²) in [4.78, 5) is 2.41. The molecule has 7 nitrogen and oxygen atoms in total. The van der Waals surface area contributed by atoms with E-state index in [1.807, 2.05) is 41.0 Å². The van der Waals surface area contributed by atoms with E-state index in [1.54, 1.807) is 25.1 Å². The standard InChI is InChI=1S/C19H22N4O3S/c1-24-16-6-4-15(5-7-16)23-18(17-3-2-11-26-17)20-21-19(23)27-14-10-22-8-12-25-13-9-22/h2-7,11H,8-10,12-14H2,1H3. The van der Waals surface area contributed by atoms with E-state index in [2.05, 4.69) is 15.1 Å². The minimum Gasteiger partial charge on any atom is -0.497 e. The van der Waals surface area contributed by atoms with Gasteiger partial charge in [-0.05, 0) is 36.4 Å². The van der Waals surface area contributed by atoms with Gasteiger partial charge in [-0.1, -0.05) is 11.8 Å². The number of morpholine rings is 1. The molecule has 0 atom stereocenters. The van der Waals surface area contributed by atoms with Gasteiger partial charge in [-0.2, -0.15) is 0 Å². The van der Waals surface area contributed by atoms with E-state index in [1.165, 1.54) is 0 Å². The fraction of sp³-hybridized carbons (Fsp3) is 0.368. The number of benzene rings is 1. The highest BCUT2D eigenvalue weighted by molar-refractivity contribution is 7.99. The molecule has 1 aliphatic rings. The molecule has 2 aromatic heterocycles. The number of ether oxygens (including phenoxy) is 2. The minimum atomic E-state index is 0.693. The lowest BCUT2D eigenvalue weighted by Gasteiger charge is -2.26. The maximum absolute atomic E-state index is 5.56. The first-order chi connectivity index (χ1) is 13.3. The second-order valence-corrected chi connectivity index (χ2v) is 7.18. The Hall–Kier alpha value is -2.29. The van der Waals surface area contributed by atoms with Crippen LogP contribution in [0.2, 0.25) is 0 Å². The summed E-state index contributed by atoms with van der Waals surface area (Å²) in [6.07, 6.45) is 1.65. The van der Waals surface area contributed by atoms with E-state index in [0.29, 0.717) is 11.6 Å². The summed E-state index contributed by atoms with van der Waals surface area (Å²) in [5.41, 5.74) is 0.973. The number of rotatable bonds is 7. The Morgan fingerprint density at radius 3 is 2.63 bits per heavy atom. The molecule has 0 aliphatic carbocycles. The van der Waals surface area contributed by atoms with Crippen LogP contribution in [0.5, 0.6) is 5.75 Å². The Morgan fingerprint density at radius 2 is 1.93 bits per heavy atom. The van der Waals surface area contributed by atoms with Gasteiger partial charge >= 0.3 is 0 Å². The van der Waals surface area contributed by atoms with Gasteiger partial charge in [-0.15, -0.1) is 10.2 Å². The molecule has 0 amide bonds. The molecule has 8 heteroatoms. The SMILES string of the molecule is COc1ccc(-n2c(SCCN3CCOCC3)nnc2-c2ccco2)cc1. The molecule has 142 valence electrons. The highest BCUT2D eigenvalue weighted by Gasteiger charge is 2.18. The van der Waals surface area contributed by atoms with Crippen molar-refractivity contribution < 1.29 is 13.9 Å². The minimum absolute atomic E-state index is 0.693. The zero-order valence-corrected chi connectivity index (χ0v) is 16.0. The predicted octanol–water partition coefficient (Wildman–Crippen LogP) is 2.96. The van der Waals surface area contributed by atoms with Crippen molar-refractivity contribution in [3.8, 4) is 23.0 Å². The Kier molecular flexibility index (Phi) is 5.76. The Morgan fingerprint density at radius 1 is 1.11 bits per heavy atom. The second kappa shape index (κ2) is 8.60. The molecule has 0 spiro atoms. The van der Waals surface area contributed by atoms with Crippen LogP contribution < -0.4 is 4.74 Å². The van der Waals surface area contributed by atoms with Gasteiger partial charge in [0, 0.05) is 25.4 Å². The summed E-state index contributed by atoms with van der Waals surface area (Å²) in [6.45, 7) is 4.61. The molecule has 0 bridgehead atoms. The maximum atomic E-state index is 5.56. The lowest BCUT2D eigenvalue weighted by atomic mass is 10.3. The van der Waals surface area contributed by atoms with E-state index in [0.717, 1.165) is 55.2 Å². The van der Waals surface area contributed by atoms with E-state index in [9.17, 15) is 0 Å². The van der Waals surface area contributed by atoms with Crippen LogP contribution in [0, 0.1) is 0 Å². The molecule has 1 aliphatic heterocycles. The summed E-state index contributed by atoms with van der Waals surface area (Å²) in [5.74, 6) is 3.14. The van der Waals surface area contributed by atoms with Gasteiger partial charge in [0.1, 0.15) is 5.75 Å². The van der Waals surface area contributed by atoms with Crippen LogP contribution in [0.4, 0.5) is 0 Å². The molecule has 0 saturated carbocycles. The third kappa shape index (κ3) is 4.18. The topological polar surface area (TPSA) is 65.5 Å². The maximum Gasteiger partial charge on any atom is 0.205 e. The zero-order valence-electron chi connectivity index (χ0n) is 15.2. The molecule has 3 heterocycles. The van der Waals surface area contributed by atoms with Crippen molar-refractivity contribution in [1.82, 2.24) is 19.7 Å². The summed E-state index contributed by atoms with van der Waals surface area (Å²) >= 11 is 1.70. The average Bonchev–Trinajstić information content (AvgIpc) is 3.39. The van der Waals surface area contributed by atoms with Gasteiger partial charge in [0.25, 0.3) is 0 Å². The highest BCUT2D eigenvalue weighted by Crippen LogP contribution is 2.29. The number of hydrogen-bond donors (Lipinski definition) is 0. The van der Waals surface area contributed by atoms with Crippen LogP contribution in [-0.4, -0.2) is 65.4 Å². The van der Waals surface area contributed by atoms with Crippen LogP contribution in [0.15, 0.2) is 52.2 Å². The molecule has 1 fully saturated rings. The van der Waals surface area contributed by atoms with E-state index in [-0.39, 0.29) is 0 Å². The van der Waals surface area contributed by atoms with Gasteiger partial charge in [-0.3, -0.25) is 9.47 Å². The second-order valence-electron chi connectivity index (χ2n) is 6.12. The molecule has 3 aromatic rings. The zero-order chi connectivity index (χ0) is 18.5. The van der Waals surface area contributed by atoms with Crippen LogP contribution in [0.25, 0.3) is 17.3 Å². The van der Waals surface area contributed by atoms with Crippen molar-refractivity contribution in [3.05, 3.63) is 42.7 Å². The average molecular weight is 386 g/mol. The van der Waals surface area contributed by atoms with Crippen molar-refractivity contribution in [2.45, 2.75) is 5.16 Å². The van der Waals surface area contributed by atoms with Gasteiger partial charge < -0.3 is 13.9 Å². The lowest BCUT2D eigenvalue weighted by Crippen LogP contribution is -2.37. The number of hydrogen-bond acceptors (Lipinski definition) is 7. The largest absolute Gasteiger partial charge is 0.497 e. The fourth-order valence-electron chi connectivity index (χ4n) is 2.98. The molecule has 27 heavy (non-hydrogen) atoms. The Labute approximate surface area is 162 Å². The van der Waals surface area contributed by atoms with Crippen LogP contribution in [0.1, 0.15) is 0 Å². The number of aromatic nitrogens is 3. The van der Waals surface area contributed by atoms with Gasteiger partial charge in [0.05, 0.1) is 32.3 Å². The highest BCUT2D eigenvalue weighted by atomic mass is 32.2. The van der Waals surface area contributed by atoms with Crippen molar-refractivity contribution >= 4 is 11.8 Å². The van der Waals surface area contributed by atoms with Crippen molar-refractivity contribution in [2.75, 3.05) is 45.7 Å². The quantitative estimate of drug-likeness (QED) is 0.578. The molecular weight excluding hydrogens is 364 g/mol. The fourth-order valence-corrected chi connectivity index (χ4v) is 3.94. The summed E-state index contributed by atoms with van der Waals surface area (Å²) < 4.78 is 18.3. The van der Waals surface area contributed by atoms with E-state index < -0.39 is 0 Å². The molecule has 0 N–H and O–H groups in total. The van der Waals surface area contributed by atoms with Gasteiger partial charge in [0.2, 0.25) is 5.82 Å². The number of nitrogens with zero attached hydrogens (tertiary/aromatic N) is 4. The first kappa shape index (κ1) is 18.1. The van der Waals surface area contributed by atoms with Crippen molar-refractivity contribution in [3.63, 3.8) is 0 Å². The normalized spacial score (nSPS) is 15.1. The van der Waals surface area contributed by atoms with Crippen molar-refractivity contribution in [1.29, 1.82) is 0 Å². The van der Waals surface area contributed by atoms with Crippen LogP contribution >= 0.6 is 11.8 Å². The first-order valence-electron chi connectivity index (χ1n) is 8.92. The van der Waals surface area contributed by atoms with E-state index >= 15 is 0 Å². The van der Waals surface area contributed by atoms with Gasteiger partial charge in [-0.25, -0.2) is 0 Å². The third-order valence-corrected chi connectivity index (χ3v) is 5.36. The monoisotopic (exact) mass is 386 g/mol. The van der Waals surface area contributed by atoms with Crippen LogP contribution in [0.3, 0.4) is 0 Å². The Balaban J connectivity index is 1.56. The summed E-state index contributed by atoms with van der Waals surface area (Å²) in [6, 6.07) is 11.6. The predicted molar refractivity (Wildman–Crippen MR) is 104 cm³/mol. The molecule has 0 radical (unpaired) electrons. The number of furan rings is 1. The molecule has 1 aromatic carbocycles. The smallest absolute Gasteiger partial charge is 0.205 e. The molecular formula is C19H22N4O3S. The third-order valence-electron chi connectivity index (χ3n) is 4.45. The molecule has 1 saturated heterocycles. The van der Waals surface area contributed by atoms with E-state index in [4.69, 9.17) is 13.9 Å². The Bertz CT molecular complexity index is 842. The molecule has 0 unspecified atom stereocenters. The van der Waals surface area contributed by atoms with Crippen molar-refractivity contribution in [2.24, 2.45) is 0 Å². The lowest BCUT2D eigenvalue weighted by molar-refractivity contribution is 0.0410. The number of methoxy groups -OCH3 is 1. The summed E-state index contributed by atoms with van der Waals surface area (Å²) in [5, 5.41) is 9.64. The number of thioether (sulfide) groups is 1. The first-order valence-corrected chi connectivity index (χ1v) is 9.90.